The van der Waals surface area contributed by atoms with Gasteiger partial charge in [-0.1, -0.05) is 24.3 Å². The number of benzene rings is 1. The summed E-state index contributed by atoms with van der Waals surface area (Å²) in [5.41, 5.74) is 3.73. The first-order valence-corrected chi connectivity index (χ1v) is 8.48. The highest BCUT2D eigenvalue weighted by molar-refractivity contribution is 5.92. The van der Waals surface area contributed by atoms with Gasteiger partial charge < -0.3 is 4.90 Å². The van der Waals surface area contributed by atoms with Crippen LogP contribution in [-0.4, -0.2) is 38.7 Å². The van der Waals surface area contributed by atoms with E-state index in [0.717, 1.165) is 11.3 Å². The van der Waals surface area contributed by atoms with E-state index in [2.05, 4.69) is 17.6 Å². The molecule has 1 fully saturated rings. The van der Waals surface area contributed by atoms with Gasteiger partial charge in [0.05, 0.1) is 22.3 Å². The fraction of sp³-hybridized carbons (Fsp3) is 0.200. The molecule has 0 spiro atoms. The number of nitriles is 1. The molecule has 0 radical (unpaired) electrons. The Hall–Kier alpha value is -3.53. The molecule has 3 heterocycles. The number of carbonyl (C=O) groups excluding carboxylic acids is 1. The van der Waals surface area contributed by atoms with Crippen LogP contribution >= 0.6 is 0 Å². The Morgan fingerprint density at radius 1 is 1.30 bits per heavy atom. The van der Waals surface area contributed by atoms with Crippen molar-refractivity contribution in [3.05, 3.63) is 65.8 Å². The Morgan fingerprint density at radius 2 is 2.00 bits per heavy atom. The standard InChI is InChI=1S/C20H16FN5O/c1-12-3-5-16(6-4-12)26-19-17(14(9-22)7-8-23-19)18(24-26)15-10-25(11-15)20(27)13(2)21/h3-8,15H,2,10-11H2,1H3. The summed E-state index contributed by atoms with van der Waals surface area (Å²) in [6.07, 6.45) is 1.58. The predicted molar refractivity (Wildman–Crippen MR) is 97.9 cm³/mol. The van der Waals surface area contributed by atoms with Gasteiger partial charge in [-0.05, 0) is 25.1 Å². The summed E-state index contributed by atoms with van der Waals surface area (Å²) in [6.45, 7) is 5.72. The molecule has 1 aromatic carbocycles. The van der Waals surface area contributed by atoms with Gasteiger partial charge in [-0.2, -0.15) is 10.4 Å². The van der Waals surface area contributed by atoms with Crippen LogP contribution < -0.4 is 0 Å². The minimum Gasteiger partial charge on any atom is -0.335 e. The quantitative estimate of drug-likeness (QED) is 0.672. The van der Waals surface area contributed by atoms with E-state index in [1.165, 1.54) is 4.90 Å². The Labute approximate surface area is 155 Å². The summed E-state index contributed by atoms with van der Waals surface area (Å²) in [6, 6.07) is 11.7. The number of likely N-dealkylation sites (tertiary alicyclic amines) is 1. The number of amides is 1. The molecule has 0 atom stereocenters. The van der Waals surface area contributed by atoms with Crippen LogP contribution in [0.3, 0.4) is 0 Å². The summed E-state index contributed by atoms with van der Waals surface area (Å²) in [7, 11) is 0. The molecule has 0 N–H and O–H groups in total. The molecule has 0 aliphatic carbocycles. The minimum atomic E-state index is -0.970. The maximum atomic E-state index is 13.1. The molecule has 7 heteroatoms. The first kappa shape index (κ1) is 16.9. The Balaban J connectivity index is 1.80. The third-order valence-corrected chi connectivity index (χ3v) is 4.78. The highest BCUT2D eigenvalue weighted by Gasteiger charge is 2.36. The Kier molecular flexibility index (Phi) is 3.96. The van der Waals surface area contributed by atoms with Gasteiger partial charge in [0.25, 0.3) is 5.91 Å². The van der Waals surface area contributed by atoms with Crippen LogP contribution in [0.2, 0.25) is 0 Å². The van der Waals surface area contributed by atoms with E-state index < -0.39 is 11.7 Å². The number of halogens is 1. The number of hydrogen-bond donors (Lipinski definition) is 0. The molecule has 1 aliphatic rings. The smallest absolute Gasteiger partial charge is 0.282 e. The first-order chi connectivity index (χ1) is 13.0. The zero-order valence-electron chi connectivity index (χ0n) is 14.7. The number of hydrogen-bond acceptors (Lipinski definition) is 4. The SMILES string of the molecule is C=C(F)C(=O)N1CC(c2nn(-c3ccc(C)cc3)c3nccc(C#N)c23)C1. The van der Waals surface area contributed by atoms with E-state index >= 15 is 0 Å². The molecule has 2 aromatic heterocycles. The van der Waals surface area contributed by atoms with Crippen molar-refractivity contribution >= 4 is 16.9 Å². The third kappa shape index (κ3) is 2.75. The maximum Gasteiger partial charge on any atom is 0.282 e. The Morgan fingerprint density at radius 3 is 2.63 bits per heavy atom. The predicted octanol–water partition coefficient (Wildman–Crippen LogP) is 3.01. The van der Waals surface area contributed by atoms with Crippen molar-refractivity contribution in [2.24, 2.45) is 0 Å². The molecule has 27 heavy (non-hydrogen) atoms. The molecule has 3 aromatic rings. The number of fused-ring (bicyclic) bond motifs is 1. The summed E-state index contributed by atoms with van der Waals surface area (Å²) in [5.74, 6) is -1.76. The lowest BCUT2D eigenvalue weighted by Crippen LogP contribution is -2.48. The van der Waals surface area contributed by atoms with E-state index in [-0.39, 0.29) is 5.92 Å². The van der Waals surface area contributed by atoms with Gasteiger partial charge in [0.1, 0.15) is 6.07 Å². The molecular formula is C20H16FN5O. The van der Waals surface area contributed by atoms with Crippen molar-refractivity contribution < 1.29 is 9.18 Å². The van der Waals surface area contributed by atoms with Gasteiger partial charge in [-0.3, -0.25) is 4.79 Å². The average Bonchev–Trinajstić information content (AvgIpc) is 3.00. The van der Waals surface area contributed by atoms with Crippen LogP contribution in [0, 0.1) is 18.3 Å². The maximum absolute atomic E-state index is 13.1. The number of rotatable bonds is 3. The molecule has 1 aliphatic heterocycles. The molecule has 0 unspecified atom stereocenters. The van der Waals surface area contributed by atoms with Crippen molar-refractivity contribution in [1.29, 1.82) is 5.26 Å². The second-order valence-electron chi connectivity index (χ2n) is 6.61. The molecular weight excluding hydrogens is 345 g/mol. The number of aryl methyl sites for hydroxylation is 1. The summed E-state index contributed by atoms with van der Waals surface area (Å²) >= 11 is 0. The van der Waals surface area contributed by atoms with Crippen LogP contribution in [0.4, 0.5) is 4.39 Å². The van der Waals surface area contributed by atoms with E-state index in [4.69, 9.17) is 5.10 Å². The number of aromatic nitrogens is 3. The van der Waals surface area contributed by atoms with Gasteiger partial charge in [0.15, 0.2) is 11.5 Å². The highest BCUT2D eigenvalue weighted by atomic mass is 19.1. The first-order valence-electron chi connectivity index (χ1n) is 8.48. The molecule has 1 saturated heterocycles. The van der Waals surface area contributed by atoms with Crippen molar-refractivity contribution in [2.75, 3.05) is 13.1 Å². The van der Waals surface area contributed by atoms with Crippen molar-refractivity contribution in [1.82, 2.24) is 19.7 Å². The molecule has 4 rings (SSSR count). The van der Waals surface area contributed by atoms with Crippen molar-refractivity contribution in [2.45, 2.75) is 12.8 Å². The van der Waals surface area contributed by atoms with Crippen molar-refractivity contribution in [3.8, 4) is 11.8 Å². The zero-order valence-corrected chi connectivity index (χ0v) is 14.7. The third-order valence-electron chi connectivity index (χ3n) is 4.78. The number of nitrogens with zero attached hydrogens (tertiary/aromatic N) is 5. The van der Waals surface area contributed by atoms with Gasteiger partial charge >= 0.3 is 0 Å². The summed E-state index contributed by atoms with van der Waals surface area (Å²) in [5, 5.41) is 14.9. The van der Waals surface area contributed by atoms with E-state index in [0.29, 0.717) is 35.4 Å². The second kappa shape index (κ2) is 6.32. The van der Waals surface area contributed by atoms with Crippen LogP contribution in [0.25, 0.3) is 16.7 Å². The minimum absolute atomic E-state index is 0.0844. The molecule has 0 saturated carbocycles. The van der Waals surface area contributed by atoms with Gasteiger partial charge in [0, 0.05) is 25.2 Å². The van der Waals surface area contributed by atoms with Gasteiger partial charge in [-0.15, -0.1) is 0 Å². The van der Waals surface area contributed by atoms with Crippen LogP contribution in [0.1, 0.15) is 22.7 Å². The highest BCUT2D eigenvalue weighted by Crippen LogP contribution is 2.34. The van der Waals surface area contributed by atoms with Gasteiger partial charge in [-0.25, -0.2) is 14.1 Å². The monoisotopic (exact) mass is 361 g/mol. The van der Waals surface area contributed by atoms with E-state index in [1.807, 2.05) is 31.2 Å². The zero-order chi connectivity index (χ0) is 19.1. The molecule has 6 nitrogen and oxygen atoms in total. The fourth-order valence-corrected chi connectivity index (χ4v) is 3.30. The van der Waals surface area contributed by atoms with Crippen LogP contribution in [0.5, 0.6) is 0 Å². The number of pyridine rings is 1. The Bertz CT molecular complexity index is 1100. The lowest BCUT2D eigenvalue weighted by Gasteiger charge is -2.38. The molecule has 134 valence electrons. The van der Waals surface area contributed by atoms with E-state index in [1.54, 1.807) is 16.9 Å². The fourth-order valence-electron chi connectivity index (χ4n) is 3.30. The number of carbonyl (C=O) groups is 1. The second-order valence-corrected chi connectivity index (χ2v) is 6.61. The average molecular weight is 361 g/mol. The van der Waals surface area contributed by atoms with Crippen molar-refractivity contribution in [3.63, 3.8) is 0 Å². The summed E-state index contributed by atoms with van der Waals surface area (Å²) in [4.78, 5) is 17.5. The largest absolute Gasteiger partial charge is 0.335 e. The van der Waals surface area contributed by atoms with Gasteiger partial charge in [0.2, 0.25) is 0 Å². The summed E-state index contributed by atoms with van der Waals surface area (Å²) < 4.78 is 14.8. The van der Waals surface area contributed by atoms with Crippen LogP contribution in [-0.2, 0) is 4.79 Å². The molecule has 0 bridgehead atoms. The lowest BCUT2D eigenvalue weighted by atomic mass is 9.93. The lowest BCUT2D eigenvalue weighted by molar-refractivity contribution is -0.133. The normalized spacial score (nSPS) is 14.0. The molecule has 1 amide bonds. The van der Waals surface area contributed by atoms with E-state index in [9.17, 15) is 14.4 Å². The van der Waals surface area contributed by atoms with Crippen LogP contribution in [0.15, 0.2) is 48.9 Å². The topological polar surface area (TPSA) is 74.8 Å².